The summed E-state index contributed by atoms with van der Waals surface area (Å²) in [7, 11) is 3.27. The summed E-state index contributed by atoms with van der Waals surface area (Å²) >= 11 is 1.59. The second-order valence-corrected chi connectivity index (χ2v) is 6.57. The van der Waals surface area contributed by atoms with Crippen molar-refractivity contribution in [3.63, 3.8) is 0 Å². The van der Waals surface area contributed by atoms with Crippen LogP contribution in [0.25, 0.3) is 0 Å². The highest BCUT2D eigenvalue weighted by molar-refractivity contribution is 8.14. The number of urea groups is 1. The fraction of sp³-hybridized carbons (Fsp3) is 0.750. The highest BCUT2D eigenvalue weighted by atomic mass is 32.2. The van der Waals surface area contributed by atoms with Crippen molar-refractivity contribution >= 4 is 28.9 Å². The third-order valence-corrected chi connectivity index (χ3v) is 4.22. The van der Waals surface area contributed by atoms with Crippen LogP contribution >= 0.6 is 11.8 Å². The Labute approximate surface area is 122 Å². The first-order valence-electron chi connectivity index (χ1n) is 6.53. The molecule has 0 saturated carbocycles. The van der Waals surface area contributed by atoms with Crippen LogP contribution in [0.3, 0.4) is 0 Å². The Kier molecular flexibility index (Phi) is 4.54. The summed E-state index contributed by atoms with van der Waals surface area (Å²) in [6.45, 7) is 5.22. The topological polar surface area (TPSA) is 74.2 Å². The van der Waals surface area contributed by atoms with Gasteiger partial charge in [0.1, 0.15) is 0 Å². The van der Waals surface area contributed by atoms with E-state index in [2.05, 4.69) is 24.2 Å². The van der Waals surface area contributed by atoms with Crippen molar-refractivity contribution in [1.29, 1.82) is 0 Å². The van der Waals surface area contributed by atoms with Crippen molar-refractivity contribution in [2.75, 3.05) is 27.3 Å². The molecule has 2 heterocycles. The van der Waals surface area contributed by atoms with E-state index in [9.17, 15) is 9.59 Å². The molecule has 0 radical (unpaired) electrons. The molecule has 2 aliphatic heterocycles. The molecule has 2 rings (SSSR count). The zero-order chi connectivity index (χ0) is 14.9. The number of amides is 3. The van der Waals surface area contributed by atoms with E-state index >= 15 is 0 Å². The van der Waals surface area contributed by atoms with E-state index in [1.165, 1.54) is 4.90 Å². The normalized spacial score (nSPS) is 25.9. The first kappa shape index (κ1) is 15.1. The molecule has 7 nitrogen and oxygen atoms in total. The molecule has 112 valence electrons. The van der Waals surface area contributed by atoms with E-state index in [0.717, 1.165) is 5.17 Å². The monoisotopic (exact) mass is 300 g/mol. The quantitative estimate of drug-likeness (QED) is 0.809. The molecule has 0 aromatic carbocycles. The molecule has 1 fully saturated rings. The predicted molar refractivity (Wildman–Crippen MR) is 77.6 cm³/mol. The summed E-state index contributed by atoms with van der Waals surface area (Å²) in [5.74, 6) is -0.294. The molecular weight excluding hydrogens is 280 g/mol. The van der Waals surface area contributed by atoms with Gasteiger partial charge < -0.3 is 14.5 Å². The maximum atomic E-state index is 12.1. The lowest BCUT2D eigenvalue weighted by atomic mass is 10.1. The summed E-state index contributed by atoms with van der Waals surface area (Å²) in [6, 6.07) is -0.864. The number of nitrogens with one attached hydrogen (secondary N) is 1. The third-order valence-electron chi connectivity index (χ3n) is 3.20. The Morgan fingerprint density at radius 1 is 1.45 bits per heavy atom. The number of thioether (sulfide) groups is 1. The van der Waals surface area contributed by atoms with Crippen LogP contribution in [0, 0.1) is 0 Å². The van der Waals surface area contributed by atoms with Crippen molar-refractivity contribution in [2.45, 2.75) is 31.3 Å². The number of likely N-dealkylation sites (N-methyl/N-ethyl adjacent to an activating group) is 1. The Morgan fingerprint density at radius 2 is 2.15 bits per heavy atom. The third kappa shape index (κ3) is 2.76. The van der Waals surface area contributed by atoms with Crippen LogP contribution in [0.1, 0.15) is 13.8 Å². The van der Waals surface area contributed by atoms with Gasteiger partial charge in [-0.1, -0.05) is 25.6 Å². The van der Waals surface area contributed by atoms with Gasteiger partial charge in [-0.3, -0.25) is 10.1 Å². The van der Waals surface area contributed by atoms with Crippen molar-refractivity contribution in [3.8, 4) is 0 Å². The molecule has 2 aliphatic rings. The van der Waals surface area contributed by atoms with Gasteiger partial charge in [0, 0.05) is 26.0 Å². The lowest BCUT2D eigenvalue weighted by Crippen LogP contribution is -2.63. The molecule has 0 aliphatic carbocycles. The molecule has 3 amide bonds. The first-order valence-corrected chi connectivity index (χ1v) is 7.41. The van der Waals surface area contributed by atoms with E-state index < -0.39 is 18.2 Å². The number of carbonyl (C=O) groups excluding carboxylic acids is 2. The van der Waals surface area contributed by atoms with Crippen molar-refractivity contribution in [3.05, 3.63) is 0 Å². The Bertz CT molecular complexity index is 440. The minimum absolute atomic E-state index is 0.294. The summed E-state index contributed by atoms with van der Waals surface area (Å²) in [5.41, 5.74) is 0. The average Bonchev–Trinajstić information content (AvgIpc) is 2.72. The average molecular weight is 300 g/mol. The zero-order valence-electron chi connectivity index (χ0n) is 12.1. The summed E-state index contributed by atoms with van der Waals surface area (Å²) in [6.07, 6.45) is -0.450. The van der Waals surface area contributed by atoms with Crippen LogP contribution < -0.4 is 5.32 Å². The number of fused-ring (bicyclic) bond motifs is 1. The van der Waals surface area contributed by atoms with Crippen LogP contribution in [-0.4, -0.2) is 71.7 Å². The molecule has 0 aromatic rings. The number of nitrogens with zero attached hydrogens (tertiary/aromatic N) is 3. The molecular formula is C12H20N4O3S. The van der Waals surface area contributed by atoms with E-state index in [0.29, 0.717) is 18.4 Å². The molecule has 20 heavy (non-hydrogen) atoms. The van der Waals surface area contributed by atoms with E-state index in [4.69, 9.17) is 4.74 Å². The first-order chi connectivity index (χ1) is 9.45. The number of hydrogen-bond donors (Lipinski definition) is 1. The SMILES string of the molecule is COCCN1C(SC(C)C)=NC2C1C(=O)NC(=O)N2C. The molecule has 1 saturated heterocycles. The second kappa shape index (κ2) is 6.01. The number of methoxy groups -OCH3 is 1. The molecule has 0 aromatic heterocycles. The lowest BCUT2D eigenvalue weighted by molar-refractivity contribution is -0.127. The summed E-state index contributed by atoms with van der Waals surface area (Å²) < 4.78 is 5.10. The molecule has 8 heteroatoms. The standard InChI is InChI=1S/C12H20N4O3S/c1-7(2)20-12-13-9-8(16(12)5-6-19-4)10(17)14-11(18)15(9)3/h7-9H,5-6H2,1-4H3,(H,14,17,18). The van der Waals surface area contributed by atoms with Gasteiger partial charge in [-0.25, -0.2) is 9.79 Å². The Morgan fingerprint density at radius 3 is 2.75 bits per heavy atom. The van der Waals surface area contributed by atoms with E-state index in [-0.39, 0.29) is 5.91 Å². The van der Waals surface area contributed by atoms with Crippen molar-refractivity contribution < 1.29 is 14.3 Å². The maximum absolute atomic E-state index is 12.1. The van der Waals surface area contributed by atoms with Crippen LogP contribution in [-0.2, 0) is 9.53 Å². The number of aliphatic imine (C=N–C) groups is 1. The largest absolute Gasteiger partial charge is 0.383 e. The number of hydrogen-bond acceptors (Lipinski definition) is 6. The van der Waals surface area contributed by atoms with Crippen LogP contribution in [0.4, 0.5) is 4.79 Å². The highest BCUT2D eigenvalue weighted by Gasteiger charge is 2.48. The van der Waals surface area contributed by atoms with Gasteiger partial charge in [-0.05, 0) is 0 Å². The van der Waals surface area contributed by atoms with Gasteiger partial charge in [0.15, 0.2) is 17.4 Å². The van der Waals surface area contributed by atoms with Crippen molar-refractivity contribution in [1.82, 2.24) is 15.1 Å². The highest BCUT2D eigenvalue weighted by Crippen LogP contribution is 2.29. The van der Waals surface area contributed by atoms with E-state index in [1.807, 2.05) is 4.90 Å². The smallest absolute Gasteiger partial charge is 0.325 e. The molecule has 2 atom stereocenters. The number of amidine groups is 1. The summed E-state index contributed by atoms with van der Waals surface area (Å²) in [4.78, 5) is 31.7. The van der Waals surface area contributed by atoms with Gasteiger partial charge in [-0.15, -0.1) is 0 Å². The zero-order valence-corrected chi connectivity index (χ0v) is 12.9. The predicted octanol–water partition coefficient (Wildman–Crippen LogP) is 0.322. The fourth-order valence-corrected chi connectivity index (χ4v) is 3.16. The van der Waals surface area contributed by atoms with Gasteiger partial charge in [0.25, 0.3) is 5.91 Å². The molecule has 2 unspecified atom stereocenters. The van der Waals surface area contributed by atoms with Gasteiger partial charge in [0.2, 0.25) is 0 Å². The second-order valence-electron chi connectivity index (χ2n) is 5.03. The minimum atomic E-state index is -0.464. The Hall–Kier alpha value is -1.28. The Balaban J connectivity index is 2.25. The lowest BCUT2D eigenvalue weighted by Gasteiger charge is -2.36. The van der Waals surface area contributed by atoms with Crippen molar-refractivity contribution in [2.24, 2.45) is 4.99 Å². The molecule has 0 spiro atoms. The number of ether oxygens (including phenoxy) is 1. The molecule has 1 N–H and O–H groups in total. The van der Waals surface area contributed by atoms with Gasteiger partial charge in [0.05, 0.1) is 6.61 Å². The number of imide groups is 1. The molecule has 0 bridgehead atoms. The van der Waals surface area contributed by atoms with Crippen LogP contribution in [0.5, 0.6) is 0 Å². The van der Waals surface area contributed by atoms with E-state index in [1.54, 1.807) is 25.9 Å². The fourth-order valence-electron chi connectivity index (χ4n) is 2.23. The van der Waals surface area contributed by atoms with Crippen LogP contribution in [0.15, 0.2) is 4.99 Å². The minimum Gasteiger partial charge on any atom is -0.383 e. The van der Waals surface area contributed by atoms with Gasteiger partial charge in [-0.2, -0.15) is 0 Å². The maximum Gasteiger partial charge on any atom is 0.325 e. The van der Waals surface area contributed by atoms with Gasteiger partial charge >= 0.3 is 6.03 Å². The number of carbonyl (C=O) groups is 2. The summed E-state index contributed by atoms with van der Waals surface area (Å²) in [5, 5.41) is 3.51. The van der Waals surface area contributed by atoms with Crippen LogP contribution in [0.2, 0.25) is 0 Å². The number of rotatable bonds is 4.